The van der Waals surface area contributed by atoms with E-state index in [1.165, 1.54) is 6.07 Å². The first-order valence-electron chi connectivity index (χ1n) is 13.5. The number of carbonyl (C=O) groups is 2. The van der Waals surface area contributed by atoms with Gasteiger partial charge in [0.15, 0.2) is 0 Å². The number of aliphatic hydroxyl groups excluding tert-OH is 2. The van der Waals surface area contributed by atoms with Crippen LogP contribution in [0.15, 0.2) is 24.3 Å². The molecule has 1 saturated heterocycles. The molecule has 1 heterocycles. The van der Waals surface area contributed by atoms with Gasteiger partial charge in [-0.3, -0.25) is 4.79 Å². The fourth-order valence-electron chi connectivity index (χ4n) is 4.61. The van der Waals surface area contributed by atoms with E-state index >= 15 is 0 Å². The summed E-state index contributed by atoms with van der Waals surface area (Å²) in [6, 6.07) is 4.92. The van der Waals surface area contributed by atoms with E-state index in [0.29, 0.717) is 62.6 Å². The maximum atomic E-state index is 14.9. The number of nitrogens with zero attached hydrogens (tertiary/aromatic N) is 1. The number of aliphatic hydroxyl groups is 2. The standard InChI is InChI=1S/C28H41FN2O5.CH4O/c1-19(13-16-32)30-26(33)22-7-5-21(6-8-22)24-10-9-23(17-25(24)29)35-18-20-11-14-31(15-12-20)27(34)36-28(2,3)4;1-2/h5,9-10,17,19-20,22,32H,6-8,11-16,18H2,1-4H3,(H,30,33);2H,1H3. The van der Waals surface area contributed by atoms with Gasteiger partial charge in [-0.2, -0.15) is 0 Å². The molecule has 3 rings (SSSR count). The van der Waals surface area contributed by atoms with Gasteiger partial charge in [-0.05, 0) is 89.8 Å². The quantitative estimate of drug-likeness (QED) is 0.451. The third kappa shape index (κ3) is 9.91. The highest BCUT2D eigenvalue weighted by Crippen LogP contribution is 2.33. The highest BCUT2D eigenvalue weighted by atomic mass is 19.1. The molecule has 0 bridgehead atoms. The zero-order valence-electron chi connectivity index (χ0n) is 23.5. The highest BCUT2D eigenvalue weighted by molar-refractivity contribution is 5.81. The molecule has 9 heteroatoms. The summed E-state index contributed by atoms with van der Waals surface area (Å²) in [6.45, 7) is 9.24. The smallest absolute Gasteiger partial charge is 0.410 e. The van der Waals surface area contributed by atoms with Crippen molar-refractivity contribution in [2.24, 2.45) is 11.8 Å². The number of amides is 2. The minimum absolute atomic E-state index is 0.00704. The SMILES string of the molecule is CC(CCO)NC(=O)C1CC=C(c2ccc(OCC3CCN(C(=O)OC(C)(C)C)CC3)cc2F)CC1.CO. The van der Waals surface area contributed by atoms with E-state index in [9.17, 15) is 14.0 Å². The molecule has 0 spiro atoms. The molecule has 1 aliphatic carbocycles. The molecule has 1 aliphatic heterocycles. The Balaban J connectivity index is 0.00000247. The van der Waals surface area contributed by atoms with Gasteiger partial charge >= 0.3 is 6.09 Å². The highest BCUT2D eigenvalue weighted by Gasteiger charge is 2.27. The van der Waals surface area contributed by atoms with Gasteiger partial charge in [0.1, 0.15) is 17.2 Å². The van der Waals surface area contributed by atoms with Gasteiger partial charge in [-0.15, -0.1) is 0 Å². The summed E-state index contributed by atoms with van der Waals surface area (Å²) in [4.78, 5) is 26.4. The molecule has 38 heavy (non-hydrogen) atoms. The lowest BCUT2D eigenvalue weighted by atomic mass is 9.85. The molecule has 0 saturated carbocycles. The van der Waals surface area contributed by atoms with Crippen LogP contribution in [0.2, 0.25) is 0 Å². The van der Waals surface area contributed by atoms with Crippen LogP contribution in [-0.4, -0.2) is 72.2 Å². The van der Waals surface area contributed by atoms with Crippen molar-refractivity contribution in [2.45, 2.75) is 77.9 Å². The third-order valence-corrected chi connectivity index (χ3v) is 6.77. The topological polar surface area (TPSA) is 108 Å². The lowest BCUT2D eigenvalue weighted by Crippen LogP contribution is -2.42. The Morgan fingerprint density at radius 2 is 1.87 bits per heavy atom. The summed E-state index contributed by atoms with van der Waals surface area (Å²) in [5.74, 6) is 0.348. The molecule has 0 radical (unpaired) electrons. The van der Waals surface area contributed by atoms with E-state index in [2.05, 4.69) is 5.32 Å². The number of hydrogen-bond acceptors (Lipinski definition) is 6. The number of nitrogens with one attached hydrogen (secondary N) is 1. The van der Waals surface area contributed by atoms with E-state index in [-0.39, 0.29) is 36.4 Å². The number of carbonyl (C=O) groups excluding carboxylic acids is 2. The van der Waals surface area contributed by atoms with Crippen molar-refractivity contribution in [3.63, 3.8) is 0 Å². The number of likely N-dealkylation sites (tertiary alicyclic amines) is 1. The Kier molecular flexibility index (Phi) is 12.5. The zero-order valence-corrected chi connectivity index (χ0v) is 23.5. The van der Waals surface area contributed by atoms with Crippen molar-refractivity contribution in [3.05, 3.63) is 35.7 Å². The van der Waals surface area contributed by atoms with Crippen LogP contribution in [0.3, 0.4) is 0 Å². The predicted molar refractivity (Wildman–Crippen MR) is 145 cm³/mol. The zero-order chi connectivity index (χ0) is 28.3. The molecule has 1 aromatic rings. The second-order valence-corrected chi connectivity index (χ2v) is 11.0. The number of halogens is 1. The molecule has 8 nitrogen and oxygen atoms in total. The van der Waals surface area contributed by atoms with Crippen molar-refractivity contribution in [1.29, 1.82) is 0 Å². The molecule has 3 N–H and O–H groups in total. The molecule has 2 unspecified atom stereocenters. The summed E-state index contributed by atoms with van der Waals surface area (Å²) in [7, 11) is 1.00. The van der Waals surface area contributed by atoms with E-state index in [1.807, 2.05) is 33.8 Å². The first kappa shape index (κ1) is 31.6. The average Bonchev–Trinajstić information content (AvgIpc) is 2.88. The van der Waals surface area contributed by atoms with Crippen LogP contribution < -0.4 is 10.1 Å². The maximum Gasteiger partial charge on any atom is 0.410 e. The second kappa shape index (κ2) is 15.1. The minimum atomic E-state index is -0.503. The fraction of sp³-hybridized carbons (Fsp3) is 0.655. The summed E-state index contributed by atoms with van der Waals surface area (Å²) in [5, 5.41) is 18.9. The second-order valence-electron chi connectivity index (χ2n) is 11.0. The Bertz CT molecular complexity index is 937. The number of benzene rings is 1. The van der Waals surface area contributed by atoms with Crippen LogP contribution >= 0.6 is 0 Å². The molecule has 2 aliphatic rings. The summed E-state index contributed by atoms with van der Waals surface area (Å²) in [5.41, 5.74) is 0.970. The maximum absolute atomic E-state index is 14.9. The van der Waals surface area contributed by atoms with Gasteiger partial charge in [0.2, 0.25) is 5.91 Å². The Labute approximate surface area is 226 Å². The molecule has 1 aromatic carbocycles. The fourth-order valence-corrected chi connectivity index (χ4v) is 4.61. The van der Waals surface area contributed by atoms with Crippen LogP contribution in [-0.2, 0) is 9.53 Å². The van der Waals surface area contributed by atoms with Crippen molar-refractivity contribution >= 4 is 17.6 Å². The Morgan fingerprint density at radius 3 is 2.42 bits per heavy atom. The Morgan fingerprint density at radius 1 is 1.18 bits per heavy atom. The lowest BCUT2D eigenvalue weighted by molar-refractivity contribution is -0.125. The lowest BCUT2D eigenvalue weighted by Gasteiger charge is -2.33. The van der Waals surface area contributed by atoms with Gasteiger partial charge in [-0.25, -0.2) is 9.18 Å². The van der Waals surface area contributed by atoms with E-state index in [1.54, 1.807) is 17.0 Å². The van der Waals surface area contributed by atoms with E-state index < -0.39 is 5.60 Å². The molecule has 2 atom stereocenters. The summed E-state index contributed by atoms with van der Waals surface area (Å²) >= 11 is 0. The summed E-state index contributed by atoms with van der Waals surface area (Å²) < 4.78 is 26.2. The third-order valence-electron chi connectivity index (χ3n) is 6.77. The molecule has 2 amide bonds. The largest absolute Gasteiger partial charge is 0.493 e. The minimum Gasteiger partial charge on any atom is -0.493 e. The van der Waals surface area contributed by atoms with Gasteiger partial charge in [0, 0.05) is 50.4 Å². The monoisotopic (exact) mass is 536 g/mol. The first-order valence-corrected chi connectivity index (χ1v) is 13.5. The normalized spacial score (nSPS) is 19.0. The van der Waals surface area contributed by atoms with Crippen LogP contribution in [0.1, 0.15) is 71.8 Å². The van der Waals surface area contributed by atoms with Crippen LogP contribution in [0.4, 0.5) is 9.18 Å². The van der Waals surface area contributed by atoms with Crippen LogP contribution in [0, 0.1) is 17.7 Å². The van der Waals surface area contributed by atoms with E-state index in [0.717, 1.165) is 25.5 Å². The van der Waals surface area contributed by atoms with Crippen LogP contribution in [0.5, 0.6) is 5.75 Å². The number of piperidine rings is 1. The summed E-state index contributed by atoms with van der Waals surface area (Å²) in [6.07, 6.45) is 5.74. The molecule has 1 fully saturated rings. The number of ether oxygens (including phenoxy) is 2. The van der Waals surface area contributed by atoms with Gasteiger partial charge < -0.3 is 29.9 Å². The van der Waals surface area contributed by atoms with Crippen LogP contribution in [0.25, 0.3) is 5.57 Å². The van der Waals surface area contributed by atoms with Gasteiger partial charge in [0.05, 0.1) is 6.61 Å². The molecule has 214 valence electrons. The average molecular weight is 537 g/mol. The van der Waals surface area contributed by atoms with Gasteiger partial charge in [0.25, 0.3) is 0 Å². The molecular weight excluding hydrogens is 491 g/mol. The number of hydrogen-bond donors (Lipinski definition) is 3. The van der Waals surface area contributed by atoms with Crippen molar-refractivity contribution in [1.82, 2.24) is 10.2 Å². The van der Waals surface area contributed by atoms with Crippen molar-refractivity contribution in [2.75, 3.05) is 33.4 Å². The van der Waals surface area contributed by atoms with Crippen molar-refractivity contribution in [3.8, 4) is 5.75 Å². The first-order chi connectivity index (χ1) is 18.1. The molecule has 0 aromatic heterocycles. The number of rotatable bonds is 8. The Hall–Kier alpha value is -2.65. The van der Waals surface area contributed by atoms with Gasteiger partial charge in [-0.1, -0.05) is 6.08 Å². The van der Waals surface area contributed by atoms with E-state index in [4.69, 9.17) is 19.7 Å². The molecular formula is C29H45FN2O6. The number of allylic oxidation sites excluding steroid dienone is 2. The van der Waals surface area contributed by atoms with Crippen molar-refractivity contribution < 1.29 is 33.7 Å². The predicted octanol–water partition coefficient (Wildman–Crippen LogP) is 4.53.